The molecule has 0 radical (unpaired) electrons. The molecule has 1 N–H and O–H groups in total. The zero-order valence-electron chi connectivity index (χ0n) is 15.6. The summed E-state index contributed by atoms with van der Waals surface area (Å²) in [5.41, 5.74) is 0. The van der Waals surface area contributed by atoms with Crippen LogP contribution in [0.4, 0.5) is 0 Å². The molecular formula is C18H37IN4. The minimum atomic E-state index is 0. The van der Waals surface area contributed by atoms with Crippen molar-refractivity contribution in [1.82, 2.24) is 15.1 Å². The van der Waals surface area contributed by atoms with Crippen LogP contribution < -0.4 is 5.32 Å². The maximum atomic E-state index is 4.54. The summed E-state index contributed by atoms with van der Waals surface area (Å²) in [6.07, 6.45) is 6.65. The van der Waals surface area contributed by atoms with Gasteiger partial charge < -0.3 is 15.1 Å². The van der Waals surface area contributed by atoms with Crippen molar-refractivity contribution in [3.8, 4) is 0 Å². The third kappa shape index (κ3) is 6.07. The van der Waals surface area contributed by atoms with E-state index in [1.807, 2.05) is 7.05 Å². The second-order valence-electron chi connectivity index (χ2n) is 7.27. The maximum absolute atomic E-state index is 4.54. The lowest BCUT2D eigenvalue weighted by molar-refractivity contribution is 0.209. The normalized spacial score (nSPS) is 26.5. The number of likely N-dealkylation sites (tertiary alicyclic amines) is 2. The summed E-state index contributed by atoms with van der Waals surface area (Å²) in [6, 6.07) is 0. The zero-order valence-corrected chi connectivity index (χ0v) is 17.9. The van der Waals surface area contributed by atoms with Gasteiger partial charge in [-0.05, 0) is 50.6 Å². The summed E-state index contributed by atoms with van der Waals surface area (Å²) in [4.78, 5) is 9.47. The Balaban J connectivity index is 0.00000264. The van der Waals surface area contributed by atoms with Gasteiger partial charge in [-0.2, -0.15) is 0 Å². The molecule has 0 saturated carbocycles. The highest BCUT2D eigenvalue weighted by molar-refractivity contribution is 14.0. The predicted molar refractivity (Wildman–Crippen MR) is 111 cm³/mol. The Labute approximate surface area is 160 Å². The van der Waals surface area contributed by atoms with Gasteiger partial charge in [0.05, 0.1) is 0 Å². The molecule has 2 aliphatic heterocycles. The number of hydrogen-bond donors (Lipinski definition) is 1. The van der Waals surface area contributed by atoms with Crippen molar-refractivity contribution < 1.29 is 0 Å². The molecule has 0 aromatic rings. The molecule has 136 valence electrons. The van der Waals surface area contributed by atoms with Gasteiger partial charge in [-0.15, -0.1) is 24.0 Å². The Morgan fingerprint density at radius 3 is 2.52 bits per heavy atom. The Morgan fingerprint density at radius 1 is 1.17 bits per heavy atom. The standard InChI is InChI=1S/C18H36N4.HI/c1-5-16(6-2)17-9-11-22(14-17)18(19-3)20-12-15-8-7-10-21(4)13-15;/h15-17H,5-14H2,1-4H3,(H,19,20);1H. The first-order valence-electron chi connectivity index (χ1n) is 9.32. The first-order chi connectivity index (χ1) is 10.7. The third-order valence-electron chi connectivity index (χ3n) is 5.72. The summed E-state index contributed by atoms with van der Waals surface area (Å²) in [6.45, 7) is 10.6. The van der Waals surface area contributed by atoms with Crippen molar-refractivity contribution in [2.45, 2.75) is 46.0 Å². The molecule has 2 rings (SSSR count). The molecule has 5 heteroatoms. The van der Waals surface area contributed by atoms with Crippen LogP contribution in [0.25, 0.3) is 0 Å². The fourth-order valence-corrected chi connectivity index (χ4v) is 4.33. The molecule has 0 aromatic carbocycles. The fourth-order valence-electron chi connectivity index (χ4n) is 4.33. The second kappa shape index (κ2) is 10.7. The van der Waals surface area contributed by atoms with E-state index in [2.05, 4.69) is 41.0 Å². The molecule has 2 unspecified atom stereocenters. The van der Waals surface area contributed by atoms with E-state index in [9.17, 15) is 0 Å². The lowest BCUT2D eigenvalue weighted by Crippen LogP contribution is -2.45. The van der Waals surface area contributed by atoms with E-state index < -0.39 is 0 Å². The van der Waals surface area contributed by atoms with Crippen molar-refractivity contribution in [2.24, 2.45) is 22.7 Å². The van der Waals surface area contributed by atoms with Crippen LogP contribution in [0.3, 0.4) is 0 Å². The van der Waals surface area contributed by atoms with Crippen LogP contribution in [0, 0.1) is 17.8 Å². The van der Waals surface area contributed by atoms with E-state index in [-0.39, 0.29) is 24.0 Å². The van der Waals surface area contributed by atoms with E-state index in [0.717, 1.165) is 30.3 Å². The highest BCUT2D eigenvalue weighted by Crippen LogP contribution is 2.28. The van der Waals surface area contributed by atoms with Gasteiger partial charge in [0, 0.05) is 33.2 Å². The first kappa shape index (κ1) is 21.0. The monoisotopic (exact) mass is 436 g/mol. The van der Waals surface area contributed by atoms with Crippen molar-refractivity contribution in [3.05, 3.63) is 0 Å². The molecule has 2 atom stereocenters. The van der Waals surface area contributed by atoms with Gasteiger partial charge in [0.25, 0.3) is 0 Å². The summed E-state index contributed by atoms with van der Waals surface area (Å²) >= 11 is 0. The SMILES string of the molecule is CCC(CC)C1CCN(C(=NC)NCC2CCCN(C)C2)C1.I. The first-order valence-corrected chi connectivity index (χ1v) is 9.32. The number of rotatable bonds is 5. The summed E-state index contributed by atoms with van der Waals surface area (Å²) in [5.74, 6) is 3.64. The van der Waals surface area contributed by atoms with Crippen molar-refractivity contribution in [1.29, 1.82) is 0 Å². The lowest BCUT2D eigenvalue weighted by atomic mass is 9.87. The topological polar surface area (TPSA) is 30.9 Å². The van der Waals surface area contributed by atoms with Gasteiger partial charge in [-0.25, -0.2) is 0 Å². The highest BCUT2D eigenvalue weighted by atomic mass is 127. The minimum Gasteiger partial charge on any atom is -0.356 e. The summed E-state index contributed by atoms with van der Waals surface area (Å²) < 4.78 is 0. The van der Waals surface area contributed by atoms with Gasteiger partial charge in [-0.1, -0.05) is 26.7 Å². The van der Waals surface area contributed by atoms with E-state index in [4.69, 9.17) is 0 Å². The summed E-state index contributed by atoms with van der Waals surface area (Å²) in [5, 5.41) is 3.65. The number of nitrogens with one attached hydrogen (secondary N) is 1. The van der Waals surface area contributed by atoms with Crippen LogP contribution in [0.15, 0.2) is 4.99 Å². The molecule has 23 heavy (non-hydrogen) atoms. The van der Waals surface area contributed by atoms with Crippen LogP contribution in [0.2, 0.25) is 0 Å². The third-order valence-corrected chi connectivity index (χ3v) is 5.72. The smallest absolute Gasteiger partial charge is 0.193 e. The molecule has 0 spiro atoms. The van der Waals surface area contributed by atoms with Gasteiger partial charge in [-0.3, -0.25) is 4.99 Å². The van der Waals surface area contributed by atoms with E-state index in [0.29, 0.717) is 0 Å². The number of aliphatic imine (C=N–C) groups is 1. The molecule has 0 bridgehead atoms. The van der Waals surface area contributed by atoms with Crippen LogP contribution >= 0.6 is 24.0 Å². The molecule has 2 aliphatic rings. The number of nitrogens with zero attached hydrogens (tertiary/aromatic N) is 3. The zero-order chi connectivity index (χ0) is 15.9. The number of hydrogen-bond acceptors (Lipinski definition) is 2. The second-order valence-corrected chi connectivity index (χ2v) is 7.27. The fraction of sp³-hybridized carbons (Fsp3) is 0.944. The molecule has 0 aromatic heterocycles. The predicted octanol–water partition coefficient (Wildman–Crippen LogP) is 3.28. The largest absolute Gasteiger partial charge is 0.356 e. The highest BCUT2D eigenvalue weighted by Gasteiger charge is 2.29. The Hall–Kier alpha value is -0.0400. The molecule has 2 saturated heterocycles. The number of guanidine groups is 1. The summed E-state index contributed by atoms with van der Waals surface area (Å²) in [7, 11) is 4.17. The Bertz CT molecular complexity index is 357. The Kier molecular flexibility index (Phi) is 9.82. The molecular weight excluding hydrogens is 399 g/mol. The molecule has 2 heterocycles. The molecule has 0 amide bonds. The van der Waals surface area contributed by atoms with Gasteiger partial charge in [0.1, 0.15) is 0 Å². The van der Waals surface area contributed by atoms with Crippen molar-refractivity contribution in [3.63, 3.8) is 0 Å². The van der Waals surface area contributed by atoms with Crippen molar-refractivity contribution in [2.75, 3.05) is 46.8 Å². The maximum Gasteiger partial charge on any atom is 0.193 e. The van der Waals surface area contributed by atoms with Crippen LogP contribution in [0.1, 0.15) is 46.0 Å². The number of piperidine rings is 1. The van der Waals surface area contributed by atoms with Gasteiger partial charge in [0.15, 0.2) is 5.96 Å². The van der Waals surface area contributed by atoms with Crippen LogP contribution in [-0.2, 0) is 0 Å². The molecule has 2 fully saturated rings. The quantitative estimate of drug-likeness (QED) is 0.408. The average Bonchev–Trinajstić information content (AvgIpc) is 2.99. The van der Waals surface area contributed by atoms with Crippen molar-refractivity contribution >= 4 is 29.9 Å². The van der Waals surface area contributed by atoms with Crippen LogP contribution in [0.5, 0.6) is 0 Å². The molecule has 4 nitrogen and oxygen atoms in total. The average molecular weight is 436 g/mol. The Morgan fingerprint density at radius 2 is 1.91 bits per heavy atom. The lowest BCUT2D eigenvalue weighted by Gasteiger charge is -2.31. The van der Waals surface area contributed by atoms with Crippen LogP contribution in [-0.4, -0.2) is 62.6 Å². The van der Waals surface area contributed by atoms with Gasteiger partial charge in [0.2, 0.25) is 0 Å². The van der Waals surface area contributed by atoms with E-state index in [1.165, 1.54) is 58.3 Å². The number of halogens is 1. The van der Waals surface area contributed by atoms with Gasteiger partial charge >= 0.3 is 0 Å². The van der Waals surface area contributed by atoms with E-state index in [1.54, 1.807) is 0 Å². The van der Waals surface area contributed by atoms with E-state index >= 15 is 0 Å². The molecule has 0 aliphatic carbocycles. The minimum absolute atomic E-state index is 0.